The van der Waals surface area contributed by atoms with Gasteiger partial charge >= 0.3 is 5.97 Å². The third-order valence-electron chi connectivity index (χ3n) is 12.4. The summed E-state index contributed by atoms with van der Waals surface area (Å²) in [6, 6.07) is 25.1. The second-order valence-electron chi connectivity index (χ2n) is 17.5. The summed E-state index contributed by atoms with van der Waals surface area (Å²) < 4.78 is 68.4. The van der Waals surface area contributed by atoms with E-state index in [1.807, 2.05) is 54.6 Å². The molecule has 1 atom stereocenters. The number of anilines is 1. The molecule has 0 saturated carbocycles. The summed E-state index contributed by atoms with van der Waals surface area (Å²) in [7, 11) is -9.10. The number of unbranched alkanes of at least 4 members (excludes halogenated alkanes) is 3. The second-order valence-corrected chi connectivity index (χ2v) is 20.6. The maximum Gasteiger partial charge on any atom is 0.333 e. The van der Waals surface area contributed by atoms with Gasteiger partial charge in [0.2, 0.25) is 5.69 Å². The molecule has 3 aliphatic rings. The van der Waals surface area contributed by atoms with E-state index in [0.717, 1.165) is 33.6 Å². The molecule has 7 rings (SSSR count). The van der Waals surface area contributed by atoms with Gasteiger partial charge in [-0.3, -0.25) is 14.1 Å². The fourth-order valence-electron chi connectivity index (χ4n) is 9.36. The Balaban J connectivity index is 0.00000700. The fraction of sp³-hybridized carbons (Fsp3) is 0.347. The Morgan fingerprint density at radius 3 is 2.09 bits per heavy atom. The first kappa shape index (κ1) is 49.7. The molecular weight excluding hydrogens is 878 g/mol. The summed E-state index contributed by atoms with van der Waals surface area (Å²) in [5.74, 6) is -3.53. The number of allylic oxidation sites excluding steroid dienone is 8. The maximum atomic E-state index is 12.5. The number of rotatable bonds is 17. The molecule has 4 aromatic rings. The van der Waals surface area contributed by atoms with Gasteiger partial charge < -0.3 is 14.3 Å². The van der Waals surface area contributed by atoms with E-state index in [0.29, 0.717) is 38.8 Å². The van der Waals surface area contributed by atoms with Gasteiger partial charge in [-0.25, -0.2) is 13.2 Å². The average Bonchev–Trinajstić information content (AvgIpc) is 3.74. The van der Waals surface area contributed by atoms with E-state index in [9.17, 15) is 40.3 Å². The Hall–Kier alpha value is -4.74. The van der Waals surface area contributed by atoms with Crippen molar-refractivity contribution in [2.24, 2.45) is 0 Å². The Kier molecular flexibility index (Phi) is 15.3. The number of hydrogen-bond donors (Lipinski definition) is 1. The van der Waals surface area contributed by atoms with Crippen molar-refractivity contribution in [3.05, 3.63) is 132 Å². The summed E-state index contributed by atoms with van der Waals surface area (Å²) in [5, 5.41) is 2.79. The molecule has 0 aliphatic carbocycles. The topological polar surface area (TPSA) is 181 Å². The Bertz CT molecular complexity index is 2920. The maximum absolute atomic E-state index is 12.5. The monoisotopic (exact) mass is 930 g/mol. The standard InChI is InChI=1S/C49H53N3O10S2.Na/c1-48(2)41(23-9-6-5-7-10-24-42-49(3,4)46-37-22-15-13-20-35(37)27-29-39(46)51(42)31-17-18-32-63(56,57)58)50(38-28-26-34-19-12-14-21-36(34)45(38)48)30-16-8-11-25-44(54)62-52-43(53)33-40(47(52)55)64(59,60)61;/h5-7,9-10,12-15,19-24,26-29,40H,8,11,16-18,25,30-33H2,1-4H3,(H-,56,57,58,59,60,61);. The smallest absolute Gasteiger partial charge is 0.333 e. The van der Waals surface area contributed by atoms with Crippen LogP contribution in [0.5, 0.6) is 0 Å². The number of benzene rings is 4. The van der Waals surface area contributed by atoms with Crippen molar-refractivity contribution in [2.45, 2.75) is 88.7 Å². The van der Waals surface area contributed by atoms with Gasteiger partial charge in [0.1, 0.15) is 6.54 Å². The van der Waals surface area contributed by atoms with Gasteiger partial charge in [-0.05, 0) is 84.8 Å². The Morgan fingerprint density at radius 1 is 0.800 bits per heavy atom. The van der Waals surface area contributed by atoms with E-state index < -0.39 is 49.7 Å². The van der Waals surface area contributed by atoms with E-state index in [1.165, 1.54) is 21.9 Å². The largest absolute Gasteiger partial charge is 0.748 e. The minimum Gasteiger partial charge on any atom is -0.748 e. The first-order valence-corrected chi connectivity index (χ1v) is 24.6. The summed E-state index contributed by atoms with van der Waals surface area (Å²) >= 11 is 0. The molecule has 1 saturated heterocycles. The van der Waals surface area contributed by atoms with E-state index in [1.54, 1.807) is 0 Å². The van der Waals surface area contributed by atoms with Crippen LogP contribution in [-0.4, -0.2) is 113 Å². The van der Waals surface area contributed by atoms with Crippen LogP contribution in [-0.2, 0) is 50.3 Å². The van der Waals surface area contributed by atoms with Crippen LogP contribution in [0, 0.1) is 0 Å². The molecule has 65 heavy (non-hydrogen) atoms. The summed E-state index contributed by atoms with van der Waals surface area (Å²) in [5.41, 5.74) is 6.09. The van der Waals surface area contributed by atoms with Crippen molar-refractivity contribution < 1.29 is 49.7 Å². The molecule has 1 radical (unpaired) electrons. The van der Waals surface area contributed by atoms with Crippen LogP contribution < -0.4 is 4.90 Å². The Morgan fingerprint density at radius 2 is 1.43 bits per heavy atom. The fourth-order valence-corrected chi connectivity index (χ4v) is 10.6. The molecular formula is C49H53N3NaO10S2. The minimum absolute atomic E-state index is 0. The number of carbonyl (C=O) groups excluding carboxylic acids is 3. The van der Waals surface area contributed by atoms with Gasteiger partial charge in [-0.1, -0.05) is 98.8 Å². The van der Waals surface area contributed by atoms with Gasteiger partial charge in [0.05, 0.1) is 22.0 Å². The molecule has 4 aromatic carbocycles. The van der Waals surface area contributed by atoms with Gasteiger partial charge in [-0.15, -0.1) is 5.06 Å². The van der Waals surface area contributed by atoms with Crippen molar-refractivity contribution in [1.29, 1.82) is 0 Å². The molecule has 16 heteroatoms. The van der Waals surface area contributed by atoms with E-state index in [2.05, 4.69) is 97.9 Å². The summed E-state index contributed by atoms with van der Waals surface area (Å²) in [6.07, 6.45) is 15.9. The number of carbonyl (C=O) groups is 3. The zero-order chi connectivity index (χ0) is 46.0. The van der Waals surface area contributed by atoms with Crippen molar-refractivity contribution in [3.8, 4) is 0 Å². The predicted octanol–water partition coefficient (Wildman–Crippen LogP) is 7.70. The van der Waals surface area contributed by atoms with Gasteiger partial charge in [0, 0.05) is 89.2 Å². The third kappa shape index (κ3) is 10.6. The number of hydrogen-bond acceptors (Lipinski definition) is 10. The molecule has 1 fully saturated rings. The number of fused-ring (bicyclic) bond motifs is 6. The zero-order valence-corrected chi connectivity index (χ0v) is 41.0. The van der Waals surface area contributed by atoms with Crippen molar-refractivity contribution >= 4 is 106 Å². The van der Waals surface area contributed by atoms with E-state index in [4.69, 9.17) is 4.84 Å². The summed E-state index contributed by atoms with van der Waals surface area (Å²) in [6.45, 7) is 10.1. The van der Waals surface area contributed by atoms with E-state index in [-0.39, 0.29) is 64.0 Å². The third-order valence-corrected chi connectivity index (χ3v) is 14.2. The quantitative estimate of drug-likeness (QED) is 0.0274. The number of amides is 2. The molecule has 1 unspecified atom stereocenters. The first-order chi connectivity index (χ1) is 30.3. The van der Waals surface area contributed by atoms with Gasteiger partial charge in [-0.2, -0.15) is 13.0 Å². The van der Waals surface area contributed by atoms with Crippen LogP contribution in [0.1, 0.15) is 83.8 Å². The Labute approximate surface area is 403 Å². The number of nitrogens with zero attached hydrogens (tertiary/aromatic N) is 3. The predicted molar refractivity (Wildman–Crippen MR) is 253 cm³/mol. The molecule has 2 amide bonds. The molecule has 0 bridgehead atoms. The molecule has 337 valence electrons. The van der Waals surface area contributed by atoms with Gasteiger partial charge in [0.15, 0.2) is 11.0 Å². The SMILES string of the molecule is CC1(C)C(/C=C/C=C/C=C/C=C2/N(CCCCS(=O)(=O)[O-])c3ccc4ccccc4c3C2(C)C)=[N+](CCCCCC(=O)ON2C(=O)CC(S(=O)(=O)O)C2=O)c2ccc3ccccc3c21.[Na]. The zero-order valence-electron chi connectivity index (χ0n) is 37.4. The molecule has 0 spiro atoms. The molecule has 3 aliphatic heterocycles. The van der Waals surface area contributed by atoms with Crippen LogP contribution in [0.3, 0.4) is 0 Å². The number of hydroxylamine groups is 2. The first-order valence-electron chi connectivity index (χ1n) is 21.5. The van der Waals surface area contributed by atoms with Crippen LogP contribution in [0.4, 0.5) is 11.4 Å². The van der Waals surface area contributed by atoms with Crippen LogP contribution in [0.15, 0.2) is 121 Å². The van der Waals surface area contributed by atoms with Crippen molar-refractivity contribution in [2.75, 3.05) is 23.7 Å². The summed E-state index contributed by atoms with van der Waals surface area (Å²) in [4.78, 5) is 44.1. The molecule has 3 heterocycles. The van der Waals surface area contributed by atoms with Crippen LogP contribution in [0.2, 0.25) is 0 Å². The van der Waals surface area contributed by atoms with Crippen molar-refractivity contribution in [3.63, 3.8) is 0 Å². The molecule has 13 nitrogen and oxygen atoms in total. The second kappa shape index (κ2) is 20.0. The normalized spacial score (nSPS) is 18.9. The van der Waals surface area contributed by atoms with Gasteiger partial charge in [0.25, 0.3) is 21.9 Å². The molecule has 0 aromatic heterocycles. The minimum atomic E-state index is -4.82. The van der Waals surface area contributed by atoms with Crippen LogP contribution in [0.25, 0.3) is 21.5 Å². The molecule has 1 N–H and O–H groups in total. The van der Waals surface area contributed by atoms with E-state index >= 15 is 0 Å². The van der Waals surface area contributed by atoms with Crippen molar-refractivity contribution in [1.82, 2.24) is 5.06 Å². The average molecular weight is 931 g/mol. The van der Waals surface area contributed by atoms with Crippen LogP contribution >= 0.6 is 0 Å². The number of imide groups is 1.